The van der Waals surface area contributed by atoms with Gasteiger partial charge in [-0.1, -0.05) is 6.92 Å². The van der Waals surface area contributed by atoms with Crippen molar-refractivity contribution in [1.82, 2.24) is 0 Å². The van der Waals surface area contributed by atoms with Gasteiger partial charge in [-0.3, -0.25) is 0 Å². The Morgan fingerprint density at radius 3 is 2.86 bits per heavy atom. The van der Waals surface area contributed by atoms with E-state index in [2.05, 4.69) is 0 Å². The Bertz CT molecular complexity index is 661. The normalized spacial score (nSPS) is 19.5. The number of nitrogens with two attached hydrogens (primary N) is 1. The summed E-state index contributed by atoms with van der Waals surface area (Å²) >= 11 is 1.15. The zero-order valence-electron chi connectivity index (χ0n) is 12.1. The second kappa shape index (κ2) is 6.22. The van der Waals surface area contributed by atoms with Crippen LogP contribution in [0.3, 0.4) is 0 Å². The van der Waals surface area contributed by atoms with Crippen LogP contribution < -0.4 is 10.6 Å². The van der Waals surface area contributed by atoms with Gasteiger partial charge in [0.2, 0.25) is 0 Å². The summed E-state index contributed by atoms with van der Waals surface area (Å²) in [5.41, 5.74) is 5.98. The molecule has 1 aliphatic heterocycles. The summed E-state index contributed by atoms with van der Waals surface area (Å²) in [4.78, 5) is 2.35. The topological polar surface area (TPSA) is 96.4 Å². The van der Waals surface area contributed by atoms with Gasteiger partial charge in [0.1, 0.15) is 20.8 Å². The molecule has 1 fully saturated rings. The van der Waals surface area contributed by atoms with Crippen LogP contribution >= 0.6 is 11.3 Å². The number of methoxy groups -OCH3 is 1. The Hall–Kier alpha value is -1.30. The highest BCUT2D eigenvalue weighted by Gasteiger charge is 2.31. The maximum absolute atomic E-state index is 12.3. The molecule has 0 saturated carbocycles. The maximum atomic E-state index is 12.3. The van der Waals surface area contributed by atoms with Crippen molar-refractivity contribution in [2.45, 2.75) is 30.8 Å². The number of thiophene rings is 1. The van der Waals surface area contributed by atoms with Gasteiger partial charge in [-0.2, -0.15) is 5.26 Å². The molecule has 2 heterocycles. The predicted molar refractivity (Wildman–Crippen MR) is 83.4 cm³/mol. The molecule has 8 heteroatoms. The highest BCUT2D eigenvalue weighted by atomic mass is 32.2. The summed E-state index contributed by atoms with van der Waals surface area (Å²) in [7, 11) is -1.82. The number of hydrogen-bond donors (Lipinski definition) is 1. The molecule has 2 N–H and O–H groups in total. The van der Waals surface area contributed by atoms with Crippen molar-refractivity contribution < 1.29 is 13.2 Å². The molecule has 1 saturated heterocycles. The third-order valence-corrected chi connectivity index (χ3v) is 6.77. The van der Waals surface area contributed by atoms with E-state index in [9.17, 15) is 8.42 Å². The molecule has 1 unspecified atom stereocenters. The minimum Gasteiger partial charge on any atom is -0.396 e. The Morgan fingerprint density at radius 2 is 2.29 bits per heavy atom. The van der Waals surface area contributed by atoms with E-state index in [1.165, 1.54) is 0 Å². The van der Waals surface area contributed by atoms with Crippen LogP contribution in [0.4, 0.5) is 10.7 Å². The Morgan fingerprint density at radius 1 is 1.57 bits per heavy atom. The van der Waals surface area contributed by atoms with Crippen molar-refractivity contribution in [3.8, 4) is 6.07 Å². The average Bonchev–Trinajstić information content (AvgIpc) is 2.84. The zero-order valence-corrected chi connectivity index (χ0v) is 13.8. The smallest absolute Gasteiger partial charge is 0.183 e. The average molecular weight is 329 g/mol. The standard InChI is InChI=1S/C13H19N3O3S2/c1-3-21(17,18)12-11(15)10(7-14)20-13(12)16-6-4-5-9(8-16)19-2/h9H,3-6,8,15H2,1-2H3. The number of nitriles is 1. The molecule has 2 rings (SSSR count). The molecule has 0 amide bonds. The largest absolute Gasteiger partial charge is 0.396 e. The van der Waals surface area contributed by atoms with Crippen molar-refractivity contribution in [3.05, 3.63) is 4.88 Å². The fourth-order valence-electron chi connectivity index (χ4n) is 2.47. The first kappa shape index (κ1) is 16.1. The van der Waals surface area contributed by atoms with Gasteiger partial charge in [0.05, 0.1) is 17.5 Å². The Kier molecular flexibility index (Phi) is 4.76. The lowest BCUT2D eigenvalue weighted by molar-refractivity contribution is 0.0894. The molecule has 1 aromatic heterocycles. The van der Waals surface area contributed by atoms with Gasteiger partial charge in [-0.25, -0.2) is 8.42 Å². The van der Waals surface area contributed by atoms with Gasteiger partial charge in [-0.05, 0) is 12.8 Å². The molecule has 116 valence electrons. The van der Waals surface area contributed by atoms with Crippen LogP contribution in [0.5, 0.6) is 0 Å². The first-order valence-electron chi connectivity index (χ1n) is 6.77. The molecule has 0 radical (unpaired) electrons. The van der Waals surface area contributed by atoms with E-state index in [1.54, 1.807) is 14.0 Å². The number of anilines is 2. The molecule has 1 aromatic rings. The summed E-state index contributed by atoms with van der Waals surface area (Å²) in [5, 5.41) is 9.71. The van der Waals surface area contributed by atoms with Crippen LogP contribution in [0, 0.1) is 11.3 Å². The SMILES string of the molecule is CCS(=O)(=O)c1c(N2CCCC(OC)C2)sc(C#N)c1N. The van der Waals surface area contributed by atoms with Crippen molar-refractivity contribution in [2.24, 2.45) is 0 Å². The summed E-state index contributed by atoms with van der Waals surface area (Å²) in [6.45, 7) is 2.95. The van der Waals surface area contributed by atoms with E-state index < -0.39 is 9.84 Å². The second-order valence-corrected chi connectivity index (χ2v) is 8.15. The van der Waals surface area contributed by atoms with Gasteiger partial charge in [0.25, 0.3) is 0 Å². The van der Waals surface area contributed by atoms with E-state index >= 15 is 0 Å². The van der Waals surface area contributed by atoms with Gasteiger partial charge in [-0.15, -0.1) is 11.3 Å². The third-order valence-electron chi connectivity index (χ3n) is 3.67. The lowest BCUT2D eigenvalue weighted by Crippen LogP contribution is -2.39. The second-order valence-electron chi connectivity index (χ2n) is 4.94. The maximum Gasteiger partial charge on any atom is 0.183 e. The molecule has 6 nitrogen and oxygen atoms in total. The molecule has 0 bridgehead atoms. The lowest BCUT2D eigenvalue weighted by atomic mass is 10.1. The minimum absolute atomic E-state index is 0.0344. The fraction of sp³-hybridized carbons (Fsp3) is 0.615. The number of piperidine rings is 1. The first-order valence-corrected chi connectivity index (χ1v) is 9.24. The first-order chi connectivity index (χ1) is 9.94. The summed E-state index contributed by atoms with van der Waals surface area (Å²) in [6.07, 6.45) is 1.95. The third kappa shape index (κ3) is 3.00. The molecule has 0 spiro atoms. The molecule has 21 heavy (non-hydrogen) atoms. The fourth-order valence-corrected chi connectivity index (χ4v) is 5.11. The summed E-state index contributed by atoms with van der Waals surface area (Å²) in [6, 6.07) is 1.99. The number of sulfone groups is 1. The highest BCUT2D eigenvalue weighted by molar-refractivity contribution is 7.91. The zero-order chi connectivity index (χ0) is 15.6. The molecule has 0 aromatic carbocycles. The van der Waals surface area contributed by atoms with Crippen LogP contribution in [0.2, 0.25) is 0 Å². The van der Waals surface area contributed by atoms with Crippen molar-refractivity contribution in [1.29, 1.82) is 5.26 Å². The molecular formula is C13H19N3O3S2. The minimum atomic E-state index is -3.47. The van der Waals surface area contributed by atoms with E-state index in [4.69, 9.17) is 15.7 Å². The van der Waals surface area contributed by atoms with Crippen molar-refractivity contribution in [2.75, 3.05) is 36.6 Å². The number of hydrogen-bond acceptors (Lipinski definition) is 7. The van der Waals surface area contributed by atoms with Crippen LogP contribution in [0.15, 0.2) is 4.90 Å². The molecule has 1 atom stereocenters. The van der Waals surface area contributed by atoms with Crippen LogP contribution in [-0.2, 0) is 14.6 Å². The molecular weight excluding hydrogens is 310 g/mol. The van der Waals surface area contributed by atoms with Crippen LogP contribution in [0.1, 0.15) is 24.6 Å². The van der Waals surface area contributed by atoms with Crippen LogP contribution in [-0.4, -0.2) is 40.5 Å². The van der Waals surface area contributed by atoms with Crippen molar-refractivity contribution in [3.63, 3.8) is 0 Å². The number of nitrogens with zero attached hydrogens (tertiary/aromatic N) is 2. The van der Waals surface area contributed by atoms with Crippen LogP contribution in [0.25, 0.3) is 0 Å². The highest BCUT2D eigenvalue weighted by Crippen LogP contribution is 2.42. The predicted octanol–water partition coefficient (Wildman–Crippen LogP) is 1.61. The van der Waals surface area contributed by atoms with Crippen molar-refractivity contribution >= 4 is 31.9 Å². The summed E-state index contributed by atoms with van der Waals surface area (Å²) < 4.78 is 30.0. The monoisotopic (exact) mass is 329 g/mol. The Labute approximate surface area is 129 Å². The van der Waals surface area contributed by atoms with E-state index in [1.807, 2.05) is 11.0 Å². The van der Waals surface area contributed by atoms with Gasteiger partial charge in [0, 0.05) is 20.2 Å². The van der Waals surface area contributed by atoms with Gasteiger partial charge < -0.3 is 15.4 Å². The van der Waals surface area contributed by atoms with E-state index in [-0.39, 0.29) is 27.3 Å². The molecule has 0 aliphatic carbocycles. The number of rotatable bonds is 4. The molecule has 1 aliphatic rings. The quantitative estimate of drug-likeness (QED) is 0.901. The van der Waals surface area contributed by atoms with E-state index in [0.717, 1.165) is 30.7 Å². The van der Waals surface area contributed by atoms with E-state index in [0.29, 0.717) is 11.5 Å². The Balaban J connectivity index is 2.51. The lowest BCUT2D eigenvalue weighted by Gasteiger charge is -2.33. The van der Waals surface area contributed by atoms with Gasteiger partial charge in [0.15, 0.2) is 9.84 Å². The number of ether oxygens (including phenoxy) is 1. The number of nitrogen functional groups attached to an aromatic ring is 1. The summed E-state index contributed by atoms with van der Waals surface area (Å²) in [5.74, 6) is -0.0344. The van der Waals surface area contributed by atoms with Gasteiger partial charge >= 0.3 is 0 Å².